The number of rotatable bonds is 4. The zero-order valence-corrected chi connectivity index (χ0v) is 10.7. The Morgan fingerprint density at radius 1 is 1.15 bits per heavy atom. The first-order valence-electron chi connectivity index (χ1n) is 6.20. The van der Waals surface area contributed by atoms with Gasteiger partial charge in [0.25, 0.3) is 0 Å². The number of Topliss-reactive ketones (excluding diaryl/α,β-unsaturated/α-hetero) is 1. The van der Waals surface area contributed by atoms with E-state index in [2.05, 4.69) is 4.74 Å². The van der Waals surface area contributed by atoms with Gasteiger partial charge in [0.2, 0.25) is 0 Å². The Hall–Kier alpha value is -1.85. The summed E-state index contributed by atoms with van der Waals surface area (Å²) in [6.07, 6.45) is -4.58. The lowest BCUT2D eigenvalue weighted by Crippen LogP contribution is -2.17. The molecule has 1 aromatic carbocycles. The van der Waals surface area contributed by atoms with Crippen molar-refractivity contribution in [1.29, 1.82) is 0 Å². The van der Waals surface area contributed by atoms with E-state index >= 15 is 0 Å². The van der Waals surface area contributed by atoms with E-state index < -0.39 is 35.7 Å². The Bertz CT molecular complexity index is 510. The van der Waals surface area contributed by atoms with Crippen molar-refractivity contribution in [1.82, 2.24) is 0 Å². The SMILES string of the molecule is CCOC(=O)[C@@H]1[C@H](C(=O)c2ccccc2)[C@H]1C(F)(F)F. The molecule has 108 valence electrons. The van der Waals surface area contributed by atoms with Gasteiger partial charge in [-0.3, -0.25) is 9.59 Å². The summed E-state index contributed by atoms with van der Waals surface area (Å²) < 4.78 is 43.2. The van der Waals surface area contributed by atoms with Gasteiger partial charge in [0.05, 0.1) is 18.4 Å². The highest BCUT2D eigenvalue weighted by Crippen LogP contribution is 2.57. The summed E-state index contributed by atoms with van der Waals surface area (Å²) >= 11 is 0. The third-order valence-electron chi connectivity index (χ3n) is 3.32. The number of ketones is 1. The van der Waals surface area contributed by atoms with Crippen LogP contribution in [0.15, 0.2) is 30.3 Å². The van der Waals surface area contributed by atoms with Crippen LogP contribution in [0.3, 0.4) is 0 Å². The number of hydrogen-bond acceptors (Lipinski definition) is 3. The highest BCUT2D eigenvalue weighted by Gasteiger charge is 2.70. The summed E-state index contributed by atoms with van der Waals surface area (Å²) in [6.45, 7) is 1.50. The zero-order valence-electron chi connectivity index (χ0n) is 10.7. The minimum Gasteiger partial charge on any atom is -0.466 e. The number of esters is 1. The fraction of sp³-hybridized carbons (Fsp3) is 0.429. The predicted molar refractivity (Wildman–Crippen MR) is 63.9 cm³/mol. The first kappa shape index (κ1) is 14.6. The number of hydrogen-bond donors (Lipinski definition) is 0. The van der Waals surface area contributed by atoms with Gasteiger partial charge in [0.1, 0.15) is 0 Å². The van der Waals surface area contributed by atoms with Crippen molar-refractivity contribution in [3.05, 3.63) is 35.9 Å². The molecule has 3 nitrogen and oxygen atoms in total. The summed E-state index contributed by atoms with van der Waals surface area (Å²) in [6, 6.07) is 7.68. The van der Waals surface area contributed by atoms with Gasteiger partial charge in [-0.05, 0) is 6.92 Å². The molecule has 1 fully saturated rings. The third-order valence-corrected chi connectivity index (χ3v) is 3.32. The van der Waals surface area contributed by atoms with Gasteiger partial charge in [0, 0.05) is 11.5 Å². The van der Waals surface area contributed by atoms with Gasteiger partial charge < -0.3 is 4.74 Å². The molecule has 0 spiro atoms. The van der Waals surface area contributed by atoms with Crippen molar-refractivity contribution in [3.63, 3.8) is 0 Å². The molecule has 0 saturated heterocycles. The predicted octanol–water partition coefficient (Wildman–Crippen LogP) is 2.86. The standard InChI is InChI=1S/C14H13F3O3/c1-2-20-13(19)10-9(11(10)14(15,16)17)12(18)8-6-4-3-5-7-8/h3-7,9-11H,2H2,1H3/t9-,10+,11+/m0/s1. The van der Waals surface area contributed by atoms with Gasteiger partial charge in [-0.15, -0.1) is 0 Å². The maximum Gasteiger partial charge on any atom is 0.393 e. The van der Waals surface area contributed by atoms with Crippen LogP contribution in [0.2, 0.25) is 0 Å². The molecule has 0 aliphatic heterocycles. The Morgan fingerprint density at radius 2 is 1.75 bits per heavy atom. The normalized spacial score (nSPS) is 25.1. The summed E-state index contributed by atoms with van der Waals surface area (Å²) in [4.78, 5) is 23.6. The molecule has 1 aromatic rings. The molecule has 2 rings (SSSR count). The Balaban J connectivity index is 2.21. The molecule has 0 N–H and O–H groups in total. The Kier molecular flexibility index (Phi) is 3.83. The molecule has 0 aromatic heterocycles. The van der Waals surface area contributed by atoms with Crippen molar-refractivity contribution in [2.75, 3.05) is 6.61 Å². The van der Waals surface area contributed by atoms with E-state index in [0.717, 1.165) is 0 Å². The molecule has 0 unspecified atom stereocenters. The lowest BCUT2D eigenvalue weighted by molar-refractivity contribution is -0.163. The second kappa shape index (κ2) is 5.26. The molecule has 0 bridgehead atoms. The van der Waals surface area contributed by atoms with E-state index in [9.17, 15) is 22.8 Å². The number of alkyl halides is 3. The lowest BCUT2D eigenvalue weighted by atomic mass is 10.1. The van der Waals surface area contributed by atoms with Gasteiger partial charge in [-0.1, -0.05) is 30.3 Å². The van der Waals surface area contributed by atoms with Crippen LogP contribution in [0.25, 0.3) is 0 Å². The summed E-state index contributed by atoms with van der Waals surface area (Å²) in [5.41, 5.74) is 0.179. The van der Waals surface area contributed by atoms with Crippen LogP contribution in [0, 0.1) is 17.8 Å². The fourth-order valence-electron chi connectivity index (χ4n) is 2.37. The summed E-state index contributed by atoms with van der Waals surface area (Å²) in [5.74, 6) is -6.33. The second-order valence-electron chi connectivity index (χ2n) is 4.60. The largest absolute Gasteiger partial charge is 0.466 e. The van der Waals surface area contributed by atoms with Gasteiger partial charge in [-0.25, -0.2) is 0 Å². The smallest absolute Gasteiger partial charge is 0.393 e. The number of halogens is 3. The molecule has 0 amide bonds. The summed E-state index contributed by atoms with van der Waals surface area (Å²) in [5, 5.41) is 0. The molecular formula is C14H13F3O3. The Labute approximate surface area is 113 Å². The molecular weight excluding hydrogens is 273 g/mol. The molecule has 0 radical (unpaired) electrons. The molecule has 1 aliphatic carbocycles. The van der Waals surface area contributed by atoms with Crippen molar-refractivity contribution >= 4 is 11.8 Å². The van der Waals surface area contributed by atoms with E-state index in [1.54, 1.807) is 18.2 Å². The first-order chi connectivity index (χ1) is 9.38. The van der Waals surface area contributed by atoms with Crippen LogP contribution in [-0.2, 0) is 9.53 Å². The van der Waals surface area contributed by atoms with Crippen LogP contribution in [0.1, 0.15) is 17.3 Å². The highest BCUT2D eigenvalue weighted by molar-refractivity contribution is 6.03. The maximum atomic E-state index is 12.9. The molecule has 3 atom stereocenters. The van der Waals surface area contributed by atoms with E-state index in [4.69, 9.17) is 0 Å². The van der Waals surface area contributed by atoms with Crippen molar-refractivity contribution in [2.45, 2.75) is 13.1 Å². The molecule has 1 aliphatic rings. The molecule has 1 saturated carbocycles. The van der Waals surface area contributed by atoms with Crippen LogP contribution in [0.4, 0.5) is 13.2 Å². The van der Waals surface area contributed by atoms with E-state index in [-0.39, 0.29) is 12.2 Å². The third kappa shape index (κ3) is 2.69. The van der Waals surface area contributed by atoms with E-state index in [0.29, 0.717) is 0 Å². The van der Waals surface area contributed by atoms with Crippen molar-refractivity contribution in [3.8, 4) is 0 Å². The van der Waals surface area contributed by atoms with Crippen LogP contribution >= 0.6 is 0 Å². The monoisotopic (exact) mass is 286 g/mol. The number of benzene rings is 1. The minimum atomic E-state index is -4.58. The second-order valence-corrected chi connectivity index (χ2v) is 4.60. The van der Waals surface area contributed by atoms with Crippen LogP contribution in [-0.4, -0.2) is 24.5 Å². The van der Waals surface area contributed by atoms with Crippen molar-refractivity contribution in [2.24, 2.45) is 17.8 Å². The fourth-order valence-corrected chi connectivity index (χ4v) is 2.37. The number of carbonyl (C=O) groups excluding carboxylic acids is 2. The first-order valence-corrected chi connectivity index (χ1v) is 6.20. The van der Waals surface area contributed by atoms with Crippen LogP contribution < -0.4 is 0 Å². The average Bonchev–Trinajstić information content (AvgIpc) is 3.14. The van der Waals surface area contributed by atoms with E-state index in [1.165, 1.54) is 19.1 Å². The number of ether oxygens (including phenoxy) is 1. The zero-order chi connectivity index (χ0) is 14.9. The highest BCUT2D eigenvalue weighted by atomic mass is 19.4. The molecule has 20 heavy (non-hydrogen) atoms. The average molecular weight is 286 g/mol. The van der Waals surface area contributed by atoms with Crippen LogP contribution in [0.5, 0.6) is 0 Å². The topological polar surface area (TPSA) is 43.4 Å². The van der Waals surface area contributed by atoms with Gasteiger partial charge >= 0.3 is 12.1 Å². The maximum absolute atomic E-state index is 12.9. The van der Waals surface area contributed by atoms with Crippen molar-refractivity contribution < 1.29 is 27.5 Å². The minimum absolute atomic E-state index is 0.00778. The lowest BCUT2D eigenvalue weighted by Gasteiger charge is -2.04. The number of carbonyl (C=O) groups is 2. The molecule has 0 heterocycles. The van der Waals surface area contributed by atoms with E-state index in [1.807, 2.05) is 0 Å². The summed E-state index contributed by atoms with van der Waals surface area (Å²) in [7, 11) is 0. The van der Waals surface area contributed by atoms with Gasteiger partial charge in [0.15, 0.2) is 5.78 Å². The molecule has 6 heteroatoms. The Morgan fingerprint density at radius 3 is 2.25 bits per heavy atom. The quantitative estimate of drug-likeness (QED) is 0.631. The van der Waals surface area contributed by atoms with Gasteiger partial charge in [-0.2, -0.15) is 13.2 Å².